The van der Waals surface area contributed by atoms with Crippen LogP contribution in [-0.4, -0.2) is 66.5 Å². The molecule has 3 atom stereocenters. The Morgan fingerprint density at radius 1 is 1.26 bits per heavy atom. The van der Waals surface area contributed by atoms with Gasteiger partial charge in [-0.25, -0.2) is 0 Å². The van der Waals surface area contributed by atoms with Crippen LogP contribution in [0.15, 0.2) is 40.9 Å². The maximum atomic E-state index is 12.9. The van der Waals surface area contributed by atoms with Crippen molar-refractivity contribution in [2.24, 2.45) is 16.3 Å². The van der Waals surface area contributed by atoms with Crippen molar-refractivity contribution in [3.63, 3.8) is 0 Å². The Morgan fingerprint density at radius 3 is 2.43 bits per heavy atom. The van der Waals surface area contributed by atoms with Crippen LogP contribution in [0, 0.1) is 11.3 Å². The quantitative estimate of drug-likeness (QED) is 0.567. The van der Waals surface area contributed by atoms with Gasteiger partial charge in [-0.15, -0.1) is 0 Å². The maximum Gasteiger partial charge on any atom is 0.252 e. The number of ether oxygens (including phenoxy) is 1. The van der Waals surface area contributed by atoms with E-state index in [0.717, 1.165) is 31.1 Å². The predicted octanol–water partition coefficient (Wildman–Crippen LogP) is 4.05. The van der Waals surface area contributed by atoms with Gasteiger partial charge in [-0.2, -0.15) is 0 Å². The van der Waals surface area contributed by atoms with Gasteiger partial charge in [0, 0.05) is 43.4 Å². The molecule has 0 bridgehead atoms. The Morgan fingerprint density at radius 2 is 1.91 bits per heavy atom. The molecule has 8 heteroatoms. The summed E-state index contributed by atoms with van der Waals surface area (Å²) in [4.78, 5) is 19.7. The first-order chi connectivity index (χ1) is 15.2. The minimum absolute atomic E-state index is 0. The molecule has 0 radical (unpaired) electrons. The lowest BCUT2D eigenvalue weighted by Gasteiger charge is -2.46. The molecule has 2 aliphatic heterocycles. The fourth-order valence-electron chi connectivity index (χ4n) is 4.85. The molecule has 0 saturated carbocycles. The second-order valence-electron chi connectivity index (χ2n) is 10.0. The number of benzene rings is 1. The summed E-state index contributed by atoms with van der Waals surface area (Å²) in [5.41, 5.74) is 2.14. The normalized spacial score (nSPS) is 22.2. The smallest absolute Gasteiger partial charge is 0.252 e. The SMILES string of the molecule is C.CCOC1CC=C(C(=O)N[C@@H](CN2CCC(c3ccc(Cl)cc3)C(C)(C)C2)C(C)C)C=N1.O.O. The van der Waals surface area contributed by atoms with Crippen LogP contribution in [-0.2, 0) is 9.53 Å². The van der Waals surface area contributed by atoms with Crippen LogP contribution >= 0.6 is 11.6 Å². The number of nitrogens with zero attached hydrogens (tertiary/aromatic N) is 2. The lowest BCUT2D eigenvalue weighted by atomic mass is 9.70. The largest absolute Gasteiger partial charge is 0.412 e. The van der Waals surface area contributed by atoms with Crippen LogP contribution in [0.5, 0.6) is 0 Å². The minimum atomic E-state index is -0.165. The van der Waals surface area contributed by atoms with Crippen molar-refractivity contribution in [3.8, 4) is 0 Å². The van der Waals surface area contributed by atoms with E-state index in [-0.39, 0.29) is 42.0 Å². The van der Waals surface area contributed by atoms with Crippen LogP contribution < -0.4 is 5.32 Å². The monoisotopic (exact) mass is 511 g/mol. The van der Waals surface area contributed by atoms with Gasteiger partial charge in [0.25, 0.3) is 5.91 Å². The van der Waals surface area contributed by atoms with E-state index in [4.69, 9.17) is 16.3 Å². The first-order valence-electron chi connectivity index (χ1n) is 11.8. The number of likely N-dealkylation sites (tertiary alicyclic amines) is 1. The highest BCUT2D eigenvalue weighted by Gasteiger charge is 2.37. The van der Waals surface area contributed by atoms with Crippen LogP contribution in [0.4, 0.5) is 0 Å². The van der Waals surface area contributed by atoms with Gasteiger partial charge in [0.2, 0.25) is 0 Å². The predicted molar refractivity (Wildman–Crippen MR) is 146 cm³/mol. The first kappa shape index (κ1) is 33.2. The Labute approximate surface area is 216 Å². The molecule has 2 aliphatic rings. The average molecular weight is 512 g/mol. The zero-order chi connectivity index (χ0) is 23.3. The van der Waals surface area contributed by atoms with Gasteiger partial charge in [-0.3, -0.25) is 9.79 Å². The highest BCUT2D eigenvalue weighted by atomic mass is 35.5. The average Bonchev–Trinajstić information content (AvgIpc) is 2.74. The number of piperidine rings is 1. The summed E-state index contributed by atoms with van der Waals surface area (Å²) < 4.78 is 5.51. The van der Waals surface area contributed by atoms with Crippen molar-refractivity contribution in [1.82, 2.24) is 10.2 Å². The molecule has 2 unspecified atom stereocenters. The molecule has 0 aromatic heterocycles. The van der Waals surface area contributed by atoms with Crippen molar-refractivity contribution < 1.29 is 20.5 Å². The molecule has 1 saturated heterocycles. The molecule has 200 valence electrons. The van der Waals surface area contributed by atoms with Gasteiger partial charge >= 0.3 is 0 Å². The number of carbonyl (C=O) groups excluding carboxylic acids is 1. The fraction of sp³-hybridized carbons (Fsp3) is 0.630. The molecule has 1 fully saturated rings. The molecule has 0 aliphatic carbocycles. The van der Waals surface area contributed by atoms with Gasteiger partial charge < -0.3 is 25.9 Å². The molecular weight excluding hydrogens is 466 g/mol. The third-order valence-corrected chi connectivity index (χ3v) is 6.95. The molecule has 7 nitrogen and oxygen atoms in total. The summed E-state index contributed by atoms with van der Waals surface area (Å²) in [6.45, 7) is 14.5. The van der Waals surface area contributed by atoms with E-state index in [1.807, 2.05) is 25.1 Å². The van der Waals surface area contributed by atoms with Crippen molar-refractivity contribution in [3.05, 3.63) is 46.5 Å². The molecular formula is C27H46ClN3O4. The second-order valence-corrected chi connectivity index (χ2v) is 10.5. The number of nitrogens with one attached hydrogen (secondary N) is 1. The Balaban J connectivity index is 0.00000385. The van der Waals surface area contributed by atoms with E-state index >= 15 is 0 Å². The van der Waals surface area contributed by atoms with Gasteiger partial charge in [0.05, 0.1) is 5.57 Å². The number of rotatable bonds is 8. The highest BCUT2D eigenvalue weighted by Crippen LogP contribution is 2.42. The van der Waals surface area contributed by atoms with E-state index in [2.05, 4.69) is 55.0 Å². The summed E-state index contributed by atoms with van der Waals surface area (Å²) in [7, 11) is 0. The highest BCUT2D eigenvalue weighted by molar-refractivity contribution is 6.30. The second kappa shape index (κ2) is 14.7. The molecule has 1 aromatic carbocycles. The number of hydrogen-bond donors (Lipinski definition) is 1. The lowest BCUT2D eigenvalue weighted by Crippen LogP contribution is -2.52. The van der Waals surface area contributed by atoms with Crippen molar-refractivity contribution >= 4 is 23.7 Å². The van der Waals surface area contributed by atoms with E-state index < -0.39 is 0 Å². The van der Waals surface area contributed by atoms with Gasteiger partial charge in [0.1, 0.15) is 0 Å². The lowest BCUT2D eigenvalue weighted by molar-refractivity contribution is -0.118. The number of halogens is 1. The number of amides is 1. The standard InChI is InChI=1S/C26H38ClN3O2.CH4.2H2O/c1-6-32-24-12-9-20(15-28-24)25(31)29-23(18(2)3)16-30-14-13-22(26(4,5)17-30)19-7-10-21(27)11-8-19;;;/h7-11,15,18,22-24H,6,12-14,16-17H2,1-5H3,(H,29,31);1H4;2*1H2/t22?,23-,24?;;;/m0.../s1. The fourth-order valence-corrected chi connectivity index (χ4v) is 4.98. The van der Waals surface area contributed by atoms with Crippen LogP contribution in [0.25, 0.3) is 0 Å². The van der Waals surface area contributed by atoms with E-state index in [0.29, 0.717) is 30.4 Å². The van der Waals surface area contributed by atoms with Gasteiger partial charge in [0.15, 0.2) is 6.23 Å². The topological polar surface area (TPSA) is 117 Å². The zero-order valence-electron chi connectivity index (χ0n) is 21.1. The number of aliphatic imine (C=N–C) groups is 1. The minimum Gasteiger partial charge on any atom is -0.412 e. The van der Waals surface area contributed by atoms with Crippen LogP contribution in [0.1, 0.15) is 66.4 Å². The third kappa shape index (κ3) is 8.99. The summed E-state index contributed by atoms with van der Waals surface area (Å²) in [5, 5.41) is 4.04. The summed E-state index contributed by atoms with van der Waals surface area (Å²) >= 11 is 6.09. The molecule has 5 N–H and O–H groups in total. The number of carbonyl (C=O) groups is 1. The molecule has 1 aromatic rings. The Hall–Kier alpha value is -1.77. The van der Waals surface area contributed by atoms with Crippen LogP contribution in [0.3, 0.4) is 0 Å². The first-order valence-corrected chi connectivity index (χ1v) is 12.2. The Kier molecular flexibility index (Phi) is 14.0. The zero-order valence-corrected chi connectivity index (χ0v) is 21.9. The van der Waals surface area contributed by atoms with Crippen molar-refractivity contribution in [2.45, 2.75) is 73.1 Å². The van der Waals surface area contributed by atoms with Crippen LogP contribution in [0.2, 0.25) is 5.02 Å². The summed E-state index contributed by atoms with van der Waals surface area (Å²) in [6, 6.07) is 8.39. The van der Waals surface area contributed by atoms with E-state index in [1.165, 1.54) is 5.56 Å². The summed E-state index contributed by atoms with van der Waals surface area (Å²) in [6.07, 6.45) is 5.16. The molecule has 2 heterocycles. The molecule has 0 spiro atoms. The van der Waals surface area contributed by atoms with E-state index in [9.17, 15) is 4.79 Å². The summed E-state index contributed by atoms with van der Waals surface area (Å²) in [5.74, 6) is 0.802. The third-order valence-electron chi connectivity index (χ3n) is 6.70. The molecule has 1 amide bonds. The van der Waals surface area contributed by atoms with Gasteiger partial charge in [-0.05, 0) is 54.8 Å². The van der Waals surface area contributed by atoms with Crippen molar-refractivity contribution in [2.75, 3.05) is 26.2 Å². The maximum absolute atomic E-state index is 12.9. The van der Waals surface area contributed by atoms with Crippen molar-refractivity contribution in [1.29, 1.82) is 0 Å². The number of hydrogen-bond acceptors (Lipinski definition) is 4. The molecule has 3 rings (SSSR count). The number of dihydropyridines is 1. The Bertz CT molecular complexity index is 839. The van der Waals surface area contributed by atoms with E-state index in [1.54, 1.807) is 6.21 Å². The molecule has 35 heavy (non-hydrogen) atoms. The van der Waals surface area contributed by atoms with Gasteiger partial charge in [-0.1, -0.05) is 64.9 Å².